The highest BCUT2D eigenvalue weighted by molar-refractivity contribution is 6.36. The predicted octanol–water partition coefficient (Wildman–Crippen LogP) is 12.9. The van der Waals surface area contributed by atoms with Gasteiger partial charge in [-0.05, 0) is 151 Å². The average Bonchev–Trinajstić information content (AvgIpc) is 4.39. The first kappa shape index (κ1) is 59.3. The molecule has 1 aliphatic heterocycles. The lowest BCUT2D eigenvalue weighted by molar-refractivity contribution is -0.136. The Labute approximate surface area is 465 Å². The van der Waals surface area contributed by atoms with Crippen LogP contribution in [-0.2, 0) is 57.8 Å². The number of Topliss-reactive ketones (excluding diaryl/α,β-unsaturated/α-hetero) is 2. The fraction of sp³-hybridized carbons (Fsp3) is 0.468. The number of aromatic nitrogens is 10. The Morgan fingerprint density at radius 3 is 1.85 bits per heavy atom. The lowest BCUT2D eigenvalue weighted by Gasteiger charge is -2.27. The van der Waals surface area contributed by atoms with Gasteiger partial charge in [-0.15, -0.1) is 0 Å². The van der Waals surface area contributed by atoms with E-state index in [1.807, 2.05) is 57.2 Å². The molecule has 0 saturated carbocycles. The van der Waals surface area contributed by atoms with E-state index in [4.69, 9.17) is 24.5 Å². The Hall–Kier alpha value is -7.37. The standard InChI is InChI=1S/C33H44N6O3.C23H28N6.C6H10O2/c1-8-26-27(9-2)36-31(35-26)30-24-17-22(14-15-28(24)39(37-30)29-13-11-12-16-41-29)25-19-34-18-23(21(25)4)20-38(10-3)32(40)42-33(5,6)7;1-5-19-20(6-2)27-23(26-19)22-17-10-15(8-9-21(17)28-29-22)18-13-25-12-16(14(18)4)11-24-7-3;1-3-5(7)6(8)4-2/h14-15,17-19,29H,8-13,16,20H2,1-7H3,(H,35,36);8-10,12-13,24H,5-7,11H2,1-4H3,(H,26,27)(H,28,29);3-4H2,1-2H3. The number of carbonyl (C=O) groups excluding carboxylic acids is 3. The molecule has 1 fully saturated rings. The smallest absolute Gasteiger partial charge is 0.410 e. The Bertz CT molecular complexity index is 3310. The van der Waals surface area contributed by atoms with Crippen LogP contribution in [0.5, 0.6) is 0 Å². The van der Waals surface area contributed by atoms with Gasteiger partial charge in [-0.3, -0.25) is 24.7 Å². The zero-order valence-electron chi connectivity index (χ0n) is 48.9. The summed E-state index contributed by atoms with van der Waals surface area (Å²) >= 11 is 0. The minimum absolute atomic E-state index is 0.0910. The number of carbonyl (C=O) groups is 3. The number of hydrogen-bond donors (Lipinski definition) is 4. The first-order valence-electron chi connectivity index (χ1n) is 28.4. The highest BCUT2D eigenvalue weighted by Gasteiger charge is 2.26. The topological polar surface area (TPSA) is 215 Å². The number of aryl methyl sites for hydroxylation is 4. The van der Waals surface area contributed by atoms with Crippen molar-refractivity contribution >= 4 is 39.5 Å². The summed E-state index contributed by atoms with van der Waals surface area (Å²) in [7, 11) is 0. The molecule has 79 heavy (non-hydrogen) atoms. The number of imidazole rings is 2. The van der Waals surface area contributed by atoms with E-state index >= 15 is 0 Å². The number of ether oxygens (including phenoxy) is 2. The van der Waals surface area contributed by atoms with Crippen LogP contribution in [0.2, 0.25) is 0 Å². The van der Waals surface area contributed by atoms with Crippen molar-refractivity contribution in [2.24, 2.45) is 0 Å². The molecule has 1 atom stereocenters. The molecular weight excluding hydrogens is 993 g/mol. The number of pyridine rings is 2. The number of nitrogens with zero attached hydrogens (tertiary/aromatic N) is 8. The summed E-state index contributed by atoms with van der Waals surface area (Å²) in [6, 6.07) is 12.9. The molecular formula is C62H82N12O5. The van der Waals surface area contributed by atoms with Crippen LogP contribution in [0.15, 0.2) is 61.2 Å². The van der Waals surface area contributed by atoms with Crippen LogP contribution in [0.1, 0.15) is 160 Å². The van der Waals surface area contributed by atoms with Gasteiger partial charge in [-0.25, -0.2) is 19.4 Å². The van der Waals surface area contributed by atoms with Crippen LogP contribution < -0.4 is 5.32 Å². The third-order valence-corrected chi connectivity index (χ3v) is 14.4. The summed E-state index contributed by atoms with van der Waals surface area (Å²) in [4.78, 5) is 61.2. The van der Waals surface area contributed by atoms with Crippen LogP contribution in [0.3, 0.4) is 0 Å². The third kappa shape index (κ3) is 13.9. The summed E-state index contributed by atoms with van der Waals surface area (Å²) in [5.41, 5.74) is 16.6. The van der Waals surface area contributed by atoms with Gasteiger partial charge < -0.3 is 29.7 Å². The molecule has 7 heterocycles. The fourth-order valence-electron chi connectivity index (χ4n) is 9.81. The van der Waals surface area contributed by atoms with E-state index < -0.39 is 5.60 Å². The van der Waals surface area contributed by atoms with Crippen LogP contribution in [0.25, 0.3) is 67.1 Å². The summed E-state index contributed by atoms with van der Waals surface area (Å²) < 4.78 is 13.8. The van der Waals surface area contributed by atoms with Crippen molar-refractivity contribution in [2.45, 2.75) is 173 Å². The molecule has 1 aliphatic rings. The minimum atomic E-state index is -0.552. The molecule has 1 unspecified atom stereocenters. The largest absolute Gasteiger partial charge is 0.444 e. The van der Waals surface area contributed by atoms with Crippen LogP contribution in [0.4, 0.5) is 4.79 Å². The molecule has 420 valence electrons. The van der Waals surface area contributed by atoms with E-state index in [0.29, 0.717) is 25.9 Å². The van der Waals surface area contributed by atoms with Crippen molar-refractivity contribution in [3.63, 3.8) is 0 Å². The zero-order valence-corrected chi connectivity index (χ0v) is 48.9. The van der Waals surface area contributed by atoms with Crippen molar-refractivity contribution < 1.29 is 23.9 Å². The number of ketones is 2. The van der Waals surface area contributed by atoms with Gasteiger partial charge in [-0.1, -0.05) is 60.6 Å². The van der Waals surface area contributed by atoms with Gasteiger partial charge in [0.05, 0.1) is 29.0 Å². The molecule has 2 aromatic carbocycles. The quantitative estimate of drug-likeness (QED) is 0.0591. The second kappa shape index (κ2) is 27.0. The number of aromatic amines is 3. The predicted molar refractivity (Wildman–Crippen MR) is 314 cm³/mol. The lowest BCUT2D eigenvalue weighted by atomic mass is 9.97. The highest BCUT2D eigenvalue weighted by Crippen LogP contribution is 2.37. The molecule has 0 spiro atoms. The molecule has 8 aromatic rings. The molecule has 1 saturated heterocycles. The maximum absolute atomic E-state index is 12.8. The van der Waals surface area contributed by atoms with E-state index in [9.17, 15) is 14.4 Å². The number of hydrogen-bond acceptors (Lipinski definition) is 12. The molecule has 17 nitrogen and oxygen atoms in total. The van der Waals surface area contributed by atoms with E-state index in [-0.39, 0.29) is 23.9 Å². The van der Waals surface area contributed by atoms with Gasteiger partial charge in [0.2, 0.25) is 0 Å². The zero-order chi connectivity index (χ0) is 57.0. The maximum Gasteiger partial charge on any atom is 0.410 e. The second-order valence-corrected chi connectivity index (χ2v) is 20.9. The van der Waals surface area contributed by atoms with Gasteiger partial charge >= 0.3 is 6.09 Å². The first-order chi connectivity index (χ1) is 38.0. The number of rotatable bonds is 18. The van der Waals surface area contributed by atoms with E-state index in [1.54, 1.807) is 18.7 Å². The Morgan fingerprint density at radius 2 is 1.32 bits per heavy atom. The van der Waals surface area contributed by atoms with Crippen LogP contribution >= 0.6 is 0 Å². The summed E-state index contributed by atoms with van der Waals surface area (Å²) in [5, 5.41) is 18.3. The van der Waals surface area contributed by atoms with Crippen molar-refractivity contribution in [1.82, 2.24) is 60.1 Å². The number of benzene rings is 2. The average molecular weight is 1080 g/mol. The van der Waals surface area contributed by atoms with Gasteiger partial charge in [0.15, 0.2) is 29.4 Å². The van der Waals surface area contributed by atoms with E-state index in [1.165, 1.54) is 16.8 Å². The van der Waals surface area contributed by atoms with Crippen LogP contribution in [-0.4, -0.2) is 97.7 Å². The molecule has 0 bridgehead atoms. The molecule has 0 radical (unpaired) electrons. The Kier molecular flexibility index (Phi) is 20.3. The molecule has 4 N–H and O–H groups in total. The molecule has 1 amide bonds. The molecule has 0 aliphatic carbocycles. The minimum Gasteiger partial charge on any atom is -0.444 e. The Morgan fingerprint density at radius 1 is 0.734 bits per heavy atom. The summed E-state index contributed by atoms with van der Waals surface area (Å²) in [5.74, 6) is 1.11. The number of H-pyrrole nitrogens is 3. The normalized spacial score (nSPS) is 13.5. The van der Waals surface area contributed by atoms with E-state index in [2.05, 4.69) is 120 Å². The number of amides is 1. The lowest BCUT2D eigenvalue weighted by Crippen LogP contribution is -2.36. The maximum atomic E-state index is 12.8. The number of fused-ring (bicyclic) bond motifs is 2. The third-order valence-electron chi connectivity index (χ3n) is 14.4. The monoisotopic (exact) mass is 1070 g/mol. The summed E-state index contributed by atoms with van der Waals surface area (Å²) in [6.45, 7) is 29.4. The van der Waals surface area contributed by atoms with Crippen molar-refractivity contribution in [1.29, 1.82) is 0 Å². The number of nitrogens with one attached hydrogen (secondary N) is 4. The Balaban J connectivity index is 0.000000211. The van der Waals surface area contributed by atoms with Gasteiger partial charge in [0.25, 0.3) is 0 Å². The molecule has 6 aromatic heterocycles. The second-order valence-electron chi connectivity index (χ2n) is 20.9. The molecule has 17 heteroatoms. The van der Waals surface area contributed by atoms with Gasteiger partial charge in [0, 0.05) is 90.6 Å². The SMILES string of the molecule is CCC(=O)C(=O)CC.CCNCc1cncc(-c2ccc3[nH]nc(-c4nc(CC)c(CC)[nH]4)c3c2)c1C.CCc1nc(-c2nn(C3CCCCO3)c3ccc(-c4cncc(CN(CC)C(=O)OC(C)(C)C)c4C)cc23)[nH]c1CC. The van der Waals surface area contributed by atoms with Crippen molar-refractivity contribution in [3.8, 4) is 45.3 Å². The van der Waals surface area contributed by atoms with Gasteiger partial charge in [-0.2, -0.15) is 10.2 Å². The van der Waals surface area contributed by atoms with Crippen LogP contribution in [0, 0.1) is 13.8 Å². The fourth-order valence-corrected chi connectivity index (χ4v) is 9.81. The summed E-state index contributed by atoms with van der Waals surface area (Å²) in [6.07, 6.45) is 14.6. The van der Waals surface area contributed by atoms with E-state index in [0.717, 1.165) is 160 Å². The van der Waals surface area contributed by atoms with Crippen molar-refractivity contribution in [3.05, 3.63) is 106 Å². The molecule has 9 rings (SSSR count). The highest BCUT2D eigenvalue weighted by atomic mass is 16.6. The van der Waals surface area contributed by atoms with Gasteiger partial charge in [0.1, 0.15) is 17.0 Å². The first-order valence-corrected chi connectivity index (χ1v) is 28.4. The van der Waals surface area contributed by atoms with Crippen molar-refractivity contribution in [2.75, 3.05) is 19.7 Å².